The Morgan fingerprint density at radius 1 is 0.400 bits per heavy atom. The molecule has 2 aromatic rings. The monoisotopic (exact) mass is 706 g/mol. The SMILES string of the molecule is COC(=O)c1cc(C(=O)OC(=O)[C@H](O)[C@@H](O)C(=O)OC(=O)c2cc(C(=O)OC)c(C(=O)OC)c(C(=O)OC)c2)cc(C(=O)OC)c1C(=O)OC. The lowest BCUT2D eigenvalue weighted by molar-refractivity contribution is -0.166. The van der Waals surface area contributed by atoms with Crippen molar-refractivity contribution in [3.63, 3.8) is 0 Å². The average molecular weight is 707 g/mol. The van der Waals surface area contributed by atoms with Gasteiger partial charge in [-0.15, -0.1) is 0 Å². The predicted molar refractivity (Wildman–Crippen MR) is 154 cm³/mol. The van der Waals surface area contributed by atoms with Crippen LogP contribution in [-0.2, 0) is 47.5 Å². The molecule has 266 valence electrons. The third kappa shape index (κ3) is 8.48. The first kappa shape index (κ1) is 39.6. The molecule has 2 aromatic carbocycles. The number of esters is 10. The predicted octanol–water partition coefficient (Wildman–Crippen LogP) is -0.805. The van der Waals surface area contributed by atoms with Crippen molar-refractivity contribution in [2.75, 3.05) is 42.7 Å². The summed E-state index contributed by atoms with van der Waals surface area (Å²) in [7, 11) is 5.40. The Labute approximate surface area is 279 Å². The minimum Gasteiger partial charge on any atom is -0.465 e. The molecule has 0 fully saturated rings. The van der Waals surface area contributed by atoms with Crippen LogP contribution in [0.1, 0.15) is 82.9 Å². The van der Waals surface area contributed by atoms with Crippen LogP contribution in [0.25, 0.3) is 0 Å². The molecule has 20 heteroatoms. The van der Waals surface area contributed by atoms with Crippen molar-refractivity contribution in [3.05, 3.63) is 68.8 Å². The Hall–Kier alpha value is -6.54. The quantitative estimate of drug-likeness (QED) is 0.164. The topological polar surface area (TPSA) is 285 Å². The minimum atomic E-state index is -2.92. The molecule has 0 amide bonds. The first-order valence-corrected chi connectivity index (χ1v) is 13.3. The first-order chi connectivity index (χ1) is 23.5. The number of benzene rings is 2. The highest BCUT2D eigenvalue weighted by atomic mass is 16.6. The van der Waals surface area contributed by atoms with E-state index < -0.39 is 116 Å². The molecule has 2 N–H and O–H groups in total. The highest BCUT2D eigenvalue weighted by Crippen LogP contribution is 2.24. The zero-order chi connectivity index (χ0) is 38.0. The second kappa shape index (κ2) is 17.0. The summed E-state index contributed by atoms with van der Waals surface area (Å²) in [5.41, 5.74) is -5.77. The van der Waals surface area contributed by atoms with Gasteiger partial charge in [-0.3, -0.25) is 0 Å². The zero-order valence-electron chi connectivity index (χ0n) is 26.7. The fraction of sp³-hybridized carbons (Fsp3) is 0.267. The van der Waals surface area contributed by atoms with Crippen LogP contribution in [0, 0.1) is 0 Å². The molecule has 0 saturated carbocycles. The van der Waals surface area contributed by atoms with E-state index in [0.717, 1.165) is 42.7 Å². The lowest BCUT2D eigenvalue weighted by atomic mass is 9.97. The molecule has 0 bridgehead atoms. The van der Waals surface area contributed by atoms with Crippen molar-refractivity contribution >= 4 is 59.7 Å². The second-order valence-electron chi connectivity index (χ2n) is 9.15. The van der Waals surface area contributed by atoms with Crippen LogP contribution in [0.15, 0.2) is 24.3 Å². The summed E-state index contributed by atoms with van der Waals surface area (Å²) in [6.07, 6.45) is -5.85. The number of methoxy groups -OCH3 is 6. The van der Waals surface area contributed by atoms with Crippen molar-refractivity contribution in [1.29, 1.82) is 0 Å². The van der Waals surface area contributed by atoms with Gasteiger partial charge in [-0.1, -0.05) is 0 Å². The van der Waals surface area contributed by atoms with E-state index in [0.29, 0.717) is 24.3 Å². The van der Waals surface area contributed by atoms with Gasteiger partial charge in [0.05, 0.1) is 87.2 Å². The highest BCUT2D eigenvalue weighted by Gasteiger charge is 2.37. The number of hydrogen-bond acceptors (Lipinski definition) is 20. The number of aliphatic hydroxyl groups is 2. The molecule has 0 unspecified atom stereocenters. The Morgan fingerprint density at radius 3 is 0.820 bits per heavy atom. The Bertz CT molecular complexity index is 1580. The minimum absolute atomic E-state index is 0.659. The summed E-state index contributed by atoms with van der Waals surface area (Å²) in [4.78, 5) is 125. The fourth-order valence-corrected chi connectivity index (χ4v) is 3.93. The third-order valence-electron chi connectivity index (χ3n) is 6.32. The molecule has 2 rings (SSSR count). The van der Waals surface area contributed by atoms with E-state index in [-0.39, 0.29) is 0 Å². The molecule has 0 aliphatic carbocycles. The van der Waals surface area contributed by atoms with E-state index in [2.05, 4.69) is 37.9 Å². The normalized spacial score (nSPS) is 11.4. The number of hydrogen-bond donors (Lipinski definition) is 2. The highest BCUT2D eigenvalue weighted by molar-refractivity contribution is 6.14. The largest absolute Gasteiger partial charge is 0.465 e. The van der Waals surface area contributed by atoms with Crippen LogP contribution in [0.3, 0.4) is 0 Å². The van der Waals surface area contributed by atoms with Gasteiger partial charge in [-0.25, -0.2) is 47.9 Å². The van der Waals surface area contributed by atoms with Crippen LogP contribution in [0.4, 0.5) is 0 Å². The van der Waals surface area contributed by atoms with Crippen molar-refractivity contribution in [1.82, 2.24) is 0 Å². The van der Waals surface area contributed by atoms with Gasteiger partial charge in [0.2, 0.25) is 0 Å². The van der Waals surface area contributed by atoms with Crippen molar-refractivity contribution < 1.29 is 96.1 Å². The van der Waals surface area contributed by atoms with Gasteiger partial charge in [-0.05, 0) is 24.3 Å². The van der Waals surface area contributed by atoms with Gasteiger partial charge in [0.15, 0.2) is 12.2 Å². The number of ether oxygens (including phenoxy) is 8. The fourth-order valence-electron chi connectivity index (χ4n) is 3.93. The van der Waals surface area contributed by atoms with Gasteiger partial charge >= 0.3 is 59.7 Å². The van der Waals surface area contributed by atoms with E-state index in [1.165, 1.54) is 0 Å². The summed E-state index contributed by atoms with van der Waals surface area (Å²) in [5.74, 6) is -14.9. The number of carbonyl (C=O) groups excluding carboxylic acids is 10. The van der Waals surface area contributed by atoms with Gasteiger partial charge in [0, 0.05) is 0 Å². The van der Waals surface area contributed by atoms with E-state index in [1.807, 2.05) is 0 Å². The van der Waals surface area contributed by atoms with Crippen molar-refractivity contribution in [2.24, 2.45) is 0 Å². The smallest absolute Gasteiger partial charge is 0.346 e. The van der Waals surface area contributed by atoms with Gasteiger partial charge < -0.3 is 48.1 Å². The lowest BCUT2D eigenvalue weighted by Gasteiger charge is -2.16. The maximum atomic E-state index is 12.8. The van der Waals surface area contributed by atoms with Gasteiger partial charge in [0.1, 0.15) is 0 Å². The standard InChI is InChI=1S/C30H26O20/c1-43-23(35)13-7-11(8-14(24(36)44-2)17(13)27(39)47-5)21(33)49-29(41)19(31)20(32)30(42)50-22(34)12-9-15(25(37)45-3)18(28(40)48-6)16(10-12)26(38)46-4/h7-10,19-20,31-32H,1-6H3/t19-,20-/m1/s1. The third-order valence-corrected chi connectivity index (χ3v) is 6.32. The molecule has 0 aliphatic heterocycles. The molecule has 0 saturated heterocycles. The van der Waals surface area contributed by atoms with Crippen LogP contribution < -0.4 is 0 Å². The molecule has 0 radical (unpaired) electrons. The first-order valence-electron chi connectivity index (χ1n) is 13.3. The van der Waals surface area contributed by atoms with E-state index in [1.54, 1.807) is 0 Å². The Balaban J connectivity index is 2.39. The van der Waals surface area contributed by atoms with Gasteiger partial charge in [0.25, 0.3) is 0 Å². The molecule has 0 heterocycles. The van der Waals surface area contributed by atoms with Crippen LogP contribution in [0.2, 0.25) is 0 Å². The summed E-state index contributed by atoms with van der Waals surface area (Å²) in [6, 6.07) is 2.64. The van der Waals surface area contributed by atoms with Crippen LogP contribution in [0.5, 0.6) is 0 Å². The maximum Gasteiger partial charge on any atom is 0.346 e. The zero-order valence-corrected chi connectivity index (χ0v) is 26.7. The molecule has 0 aliphatic rings. The average Bonchev–Trinajstić information content (AvgIpc) is 3.13. The second-order valence-corrected chi connectivity index (χ2v) is 9.15. The molecular weight excluding hydrogens is 680 g/mol. The van der Waals surface area contributed by atoms with Crippen molar-refractivity contribution in [2.45, 2.75) is 12.2 Å². The summed E-state index contributed by atoms with van der Waals surface area (Å²) < 4.78 is 36.2. The summed E-state index contributed by atoms with van der Waals surface area (Å²) in [5, 5.41) is 20.4. The van der Waals surface area contributed by atoms with E-state index in [4.69, 9.17) is 0 Å². The maximum absolute atomic E-state index is 12.8. The molecule has 50 heavy (non-hydrogen) atoms. The van der Waals surface area contributed by atoms with Gasteiger partial charge in [-0.2, -0.15) is 0 Å². The Kier molecular flexibility index (Phi) is 13.5. The number of aliphatic hydroxyl groups excluding tert-OH is 2. The van der Waals surface area contributed by atoms with Crippen molar-refractivity contribution in [3.8, 4) is 0 Å². The van der Waals surface area contributed by atoms with Crippen LogP contribution in [-0.4, -0.2) is 125 Å². The molecule has 2 atom stereocenters. The van der Waals surface area contributed by atoms with Crippen LogP contribution >= 0.6 is 0 Å². The summed E-state index contributed by atoms with van der Waals surface area (Å²) in [6.45, 7) is 0. The molecule has 20 nitrogen and oxygen atoms in total. The molecular formula is C30H26O20. The number of rotatable bonds is 11. The Morgan fingerprint density at radius 2 is 0.620 bits per heavy atom. The number of carbonyl (C=O) groups is 10. The van der Waals surface area contributed by atoms with E-state index in [9.17, 15) is 58.2 Å². The molecule has 0 aromatic heterocycles. The van der Waals surface area contributed by atoms with E-state index >= 15 is 0 Å². The lowest BCUT2D eigenvalue weighted by Crippen LogP contribution is -2.43. The summed E-state index contributed by atoms with van der Waals surface area (Å²) >= 11 is 0. The molecule has 0 spiro atoms.